The normalized spacial score (nSPS) is 31.7. The fraction of sp³-hybridized carbons (Fsp3) is 0.571. The maximum Gasteiger partial charge on any atom is 0.277 e. The topological polar surface area (TPSA) is 68.0 Å². The molecular weight excluding hydrogens is 377 g/mol. The fourth-order valence-electron chi connectivity index (χ4n) is 5.83. The molecule has 148 valence electrons. The van der Waals surface area contributed by atoms with Crippen LogP contribution in [-0.2, 0) is 10.2 Å². The second kappa shape index (κ2) is 6.87. The van der Waals surface area contributed by atoms with Crippen molar-refractivity contribution in [1.82, 2.24) is 10.2 Å². The SMILES string of the molecule is C[C@H](Sc1nnc(C23CC4CC(CC(C4)C2)C3)o1)C(=O)Nc1ccc(F)cc1. The Balaban J connectivity index is 1.25. The number of nitrogens with zero attached hydrogens (tertiary/aromatic N) is 2. The molecule has 1 aromatic carbocycles. The first-order valence-corrected chi connectivity index (χ1v) is 10.9. The number of thioether (sulfide) groups is 1. The molecule has 28 heavy (non-hydrogen) atoms. The number of anilines is 1. The maximum atomic E-state index is 13.0. The van der Waals surface area contributed by atoms with Crippen LogP contribution in [0.25, 0.3) is 0 Å². The Morgan fingerprint density at radius 3 is 2.36 bits per heavy atom. The average Bonchev–Trinajstić information content (AvgIpc) is 3.12. The van der Waals surface area contributed by atoms with Crippen LogP contribution in [0.1, 0.15) is 51.3 Å². The van der Waals surface area contributed by atoms with E-state index >= 15 is 0 Å². The molecule has 0 unspecified atom stereocenters. The van der Waals surface area contributed by atoms with Crippen molar-refractivity contribution in [2.24, 2.45) is 17.8 Å². The molecule has 0 saturated heterocycles. The molecule has 4 aliphatic carbocycles. The lowest BCUT2D eigenvalue weighted by Crippen LogP contribution is -2.48. The van der Waals surface area contributed by atoms with E-state index in [0.29, 0.717) is 10.9 Å². The molecule has 4 bridgehead atoms. The number of benzene rings is 1. The molecule has 1 atom stereocenters. The van der Waals surface area contributed by atoms with Crippen molar-refractivity contribution in [3.05, 3.63) is 36.0 Å². The summed E-state index contributed by atoms with van der Waals surface area (Å²) in [5.74, 6) is 2.72. The Morgan fingerprint density at radius 2 is 1.75 bits per heavy atom. The van der Waals surface area contributed by atoms with Crippen LogP contribution < -0.4 is 5.32 Å². The smallest absolute Gasteiger partial charge is 0.277 e. The number of hydrogen-bond acceptors (Lipinski definition) is 5. The van der Waals surface area contributed by atoms with Gasteiger partial charge in [-0.2, -0.15) is 0 Å². The third-order valence-electron chi connectivity index (χ3n) is 6.66. The van der Waals surface area contributed by atoms with E-state index in [4.69, 9.17) is 4.42 Å². The summed E-state index contributed by atoms with van der Waals surface area (Å²) in [6.07, 6.45) is 7.63. The van der Waals surface area contributed by atoms with Gasteiger partial charge in [-0.1, -0.05) is 11.8 Å². The van der Waals surface area contributed by atoms with Gasteiger partial charge in [0, 0.05) is 11.1 Å². The number of hydrogen-bond donors (Lipinski definition) is 1. The van der Waals surface area contributed by atoms with E-state index < -0.39 is 5.25 Å². The Kier molecular flexibility index (Phi) is 4.45. The van der Waals surface area contributed by atoms with Crippen LogP contribution >= 0.6 is 11.8 Å². The van der Waals surface area contributed by atoms with Gasteiger partial charge < -0.3 is 9.73 Å². The first kappa shape index (κ1) is 18.2. The summed E-state index contributed by atoms with van der Waals surface area (Å²) < 4.78 is 19.1. The molecular formula is C21H24FN3O2S. The van der Waals surface area contributed by atoms with Gasteiger partial charge in [-0.05, 0) is 87.5 Å². The van der Waals surface area contributed by atoms with Crippen LogP contribution in [0.5, 0.6) is 0 Å². The number of halogens is 1. The van der Waals surface area contributed by atoms with E-state index in [1.54, 1.807) is 19.1 Å². The molecule has 4 fully saturated rings. The van der Waals surface area contributed by atoms with Gasteiger partial charge in [-0.15, -0.1) is 10.2 Å². The summed E-state index contributed by atoms with van der Waals surface area (Å²) in [5, 5.41) is 11.5. The molecule has 1 heterocycles. The number of carbonyl (C=O) groups excluding carboxylic acids is 1. The molecule has 4 aliphatic rings. The Labute approximate surface area is 167 Å². The fourth-order valence-corrected chi connectivity index (χ4v) is 6.51. The summed E-state index contributed by atoms with van der Waals surface area (Å²) in [5.41, 5.74) is 0.638. The molecule has 2 aromatic rings. The predicted octanol–water partition coefficient (Wildman–Crippen LogP) is 4.80. The molecule has 4 saturated carbocycles. The van der Waals surface area contributed by atoms with E-state index in [1.807, 2.05) is 0 Å². The van der Waals surface area contributed by atoms with Gasteiger partial charge in [0.15, 0.2) is 0 Å². The van der Waals surface area contributed by atoms with E-state index in [1.165, 1.54) is 62.4 Å². The highest BCUT2D eigenvalue weighted by Gasteiger charge is 2.54. The third kappa shape index (κ3) is 3.34. The Morgan fingerprint density at radius 1 is 1.14 bits per heavy atom. The highest BCUT2D eigenvalue weighted by molar-refractivity contribution is 8.00. The summed E-state index contributed by atoms with van der Waals surface area (Å²) in [6.45, 7) is 1.80. The van der Waals surface area contributed by atoms with Crippen molar-refractivity contribution < 1.29 is 13.6 Å². The van der Waals surface area contributed by atoms with Crippen LogP contribution in [-0.4, -0.2) is 21.4 Å². The molecule has 7 heteroatoms. The van der Waals surface area contributed by atoms with Crippen molar-refractivity contribution in [2.75, 3.05) is 5.32 Å². The quantitative estimate of drug-likeness (QED) is 0.729. The zero-order valence-corrected chi connectivity index (χ0v) is 16.7. The number of rotatable bonds is 5. The second-order valence-corrected chi connectivity index (χ2v) is 10.1. The van der Waals surface area contributed by atoms with E-state index in [9.17, 15) is 9.18 Å². The predicted molar refractivity (Wildman–Crippen MR) is 104 cm³/mol. The highest BCUT2D eigenvalue weighted by Crippen LogP contribution is 2.60. The van der Waals surface area contributed by atoms with E-state index in [-0.39, 0.29) is 17.1 Å². The number of amides is 1. The molecule has 1 aromatic heterocycles. The minimum absolute atomic E-state index is 0.0696. The molecule has 5 nitrogen and oxygen atoms in total. The van der Waals surface area contributed by atoms with Crippen LogP contribution in [0.2, 0.25) is 0 Å². The van der Waals surface area contributed by atoms with Gasteiger partial charge in [-0.25, -0.2) is 4.39 Å². The van der Waals surface area contributed by atoms with Crippen molar-refractivity contribution in [3.63, 3.8) is 0 Å². The van der Waals surface area contributed by atoms with Gasteiger partial charge in [0.05, 0.1) is 5.25 Å². The number of carbonyl (C=O) groups is 1. The summed E-state index contributed by atoms with van der Waals surface area (Å²) in [6, 6.07) is 5.73. The molecule has 0 spiro atoms. The molecule has 1 N–H and O–H groups in total. The zero-order valence-electron chi connectivity index (χ0n) is 15.9. The minimum Gasteiger partial charge on any atom is -0.415 e. The standard InChI is InChI=1S/C21H24FN3O2S/c1-12(18(26)23-17-4-2-16(22)3-5-17)28-20-25-24-19(27-20)21-9-13-6-14(10-21)8-15(7-13)11-21/h2-5,12-15H,6-11H2,1H3,(H,23,26)/t12-,13?,14?,15?,21?/m0/s1. The monoisotopic (exact) mass is 401 g/mol. The van der Waals surface area contributed by atoms with Gasteiger partial charge in [0.25, 0.3) is 5.22 Å². The second-order valence-electron chi connectivity index (χ2n) is 8.83. The minimum atomic E-state index is -0.394. The molecule has 0 radical (unpaired) electrons. The van der Waals surface area contributed by atoms with Crippen LogP contribution in [0.3, 0.4) is 0 Å². The van der Waals surface area contributed by atoms with Crippen molar-refractivity contribution in [2.45, 2.75) is 61.3 Å². The third-order valence-corrected chi connectivity index (χ3v) is 7.59. The summed E-state index contributed by atoms with van der Waals surface area (Å²) in [7, 11) is 0. The average molecular weight is 402 g/mol. The first-order chi connectivity index (χ1) is 13.5. The summed E-state index contributed by atoms with van der Waals surface area (Å²) in [4.78, 5) is 12.4. The molecule has 0 aliphatic heterocycles. The summed E-state index contributed by atoms with van der Waals surface area (Å²) >= 11 is 1.27. The zero-order chi connectivity index (χ0) is 19.3. The lowest BCUT2D eigenvalue weighted by Gasteiger charge is -2.55. The highest BCUT2D eigenvalue weighted by atomic mass is 32.2. The van der Waals surface area contributed by atoms with Crippen molar-refractivity contribution in [3.8, 4) is 0 Å². The largest absolute Gasteiger partial charge is 0.415 e. The van der Waals surface area contributed by atoms with E-state index in [0.717, 1.165) is 23.6 Å². The molecule has 6 rings (SSSR count). The van der Waals surface area contributed by atoms with Crippen molar-refractivity contribution >= 4 is 23.4 Å². The van der Waals surface area contributed by atoms with Gasteiger partial charge >= 0.3 is 0 Å². The van der Waals surface area contributed by atoms with Crippen LogP contribution in [0.15, 0.2) is 33.9 Å². The lowest BCUT2D eigenvalue weighted by atomic mass is 9.49. The first-order valence-electron chi connectivity index (χ1n) is 10.1. The number of aromatic nitrogens is 2. The van der Waals surface area contributed by atoms with Crippen molar-refractivity contribution in [1.29, 1.82) is 0 Å². The molecule has 1 amide bonds. The van der Waals surface area contributed by atoms with Crippen LogP contribution in [0.4, 0.5) is 10.1 Å². The Hall–Kier alpha value is -1.89. The number of nitrogens with one attached hydrogen (secondary N) is 1. The van der Waals surface area contributed by atoms with Gasteiger partial charge in [-0.3, -0.25) is 4.79 Å². The maximum absolute atomic E-state index is 13.0. The van der Waals surface area contributed by atoms with Crippen LogP contribution in [0, 0.1) is 23.6 Å². The van der Waals surface area contributed by atoms with Gasteiger partial charge in [0.1, 0.15) is 5.82 Å². The lowest BCUT2D eigenvalue weighted by molar-refractivity contribution is -0.115. The van der Waals surface area contributed by atoms with Gasteiger partial charge in [0.2, 0.25) is 11.8 Å². The van der Waals surface area contributed by atoms with E-state index in [2.05, 4.69) is 15.5 Å². The Bertz CT molecular complexity index is 847.